The molecule has 0 unspecified atom stereocenters. The van der Waals surface area contributed by atoms with Crippen molar-refractivity contribution < 1.29 is 27.2 Å². The summed E-state index contributed by atoms with van der Waals surface area (Å²) in [6, 6.07) is 1.87. The van der Waals surface area contributed by atoms with Gasteiger partial charge in [-0.3, -0.25) is 0 Å². The normalized spacial score (nSPS) is 10.8. The van der Waals surface area contributed by atoms with Gasteiger partial charge in [-0.1, -0.05) is 0 Å². The van der Waals surface area contributed by atoms with Crippen LogP contribution >= 0.6 is 0 Å². The standard InChI is InChI=1S/C8H3F4N3O3/c9-5-3-4(1-2-13)7(18-8(10,11)12)14-6(5)15(16)17/h3H,1H2. The van der Waals surface area contributed by atoms with Gasteiger partial charge in [0.2, 0.25) is 5.82 Å². The number of rotatable bonds is 3. The average Bonchev–Trinajstić information content (AvgIpc) is 2.19. The Morgan fingerprint density at radius 3 is 2.61 bits per heavy atom. The van der Waals surface area contributed by atoms with E-state index >= 15 is 0 Å². The van der Waals surface area contributed by atoms with Gasteiger partial charge in [0.15, 0.2) is 0 Å². The van der Waals surface area contributed by atoms with Crippen molar-refractivity contribution in [3.63, 3.8) is 0 Å². The molecule has 0 spiro atoms. The molecule has 1 rings (SSSR count). The van der Waals surface area contributed by atoms with Gasteiger partial charge >= 0.3 is 18.1 Å². The Morgan fingerprint density at radius 2 is 2.17 bits per heavy atom. The molecule has 0 fully saturated rings. The van der Waals surface area contributed by atoms with Gasteiger partial charge in [0.1, 0.15) is 0 Å². The molecule has 96 valence electrons. The van der Waals surface area contributed by atoms with Crippen LogP contribution in [-0.2, 0) is 6.42 Å². The topological polar surface area (TPSA) is 89.0 Å². The fourth-order valence-electron chi connectivity index (χ4n) is 1.04. The van der Waals surface area contributed by atoms with Crippen molar-refractivity contribution in [3.8, 4) is 11.9 Å². The highest BCUT2D eigenvalue weighted by atomic mass is 19.4. The summed E-state index contributed by atoms with van der Waals surface area (Å²) in [7, 11) is 0. The molecule has 0 aromatic carbocycles. The van der Waals surface area contributed by atoms with Crippen LogP contribution in [0.2, 0.25) is 0 Å². The number of nitro groups is 1. The van der Waals surface area contributed by atoms with Crippen LogP contribution in [-0.4, -0.2) is 16.3 Å². The molecule has 0 aliphatic heterocycles. The maximum atomic E-state index is 13.1. The highest BCUT2D eigenvalue weighted by Gasteiger charge is 2.36. The second-order valence-electron chi connectivity index (χ2n) is 2.90. The van der Waals surface area contributed by atoms with Crippen molar-refractivity contribution in [2.75, 3.05) is 0 Å². The van der Waals surface area contributed by atoms with Crippen molar-refractivity contribution in [3.05, 3.63) is 27.6 Å². The Morgan fingerprint density at radius 1 is 1.56 bits per heavy atom. The van der Waals surface area contributed by atoms with Crippen LogP contribution in [0.25, 0.3) is 0 Å². The molecule has 0 amide bonds. The van der Waals surface area contributed by atoms with Crippen LogP contribution in [0.1, 0.15) is 5.56 Å². The molecule has 0 aliphatic carbocycles. The number of aromatic nitrogens is 1. The van der Waals surface area contributed by atoms with Crippen molar-refractivity contribution >= 4 is 5.82 Å². The quantitative estimate of drug-likeness (QED) is 0.474. The zero-order valence-electron chi connectivity index (χ0n) is 8.36. The monoisotopic (exact) mass is 265 g/mol. The van der Waals surface area contributed by atoms with Gasteiger partial charge in [-0.15, -0.1) is 13.2 Å². The number of nitrogens with zero attached hydrogens (tertiary/aromatic N) is 3. The Labute approximate surface area is 96.6 Å². The van der Waals surface area contributed by atoms with Crippen LogP contribution < -0.4 is 4.74 Å². The zero-order chi connectivity index (χ0) is 13.9. The molecule has 0 bridgehead atoms. The molecule has 0 aliphatic rings. The van der Waals surface area contributed by atoms with E-state index in [1.165, 1.54) is 6.07 Å². The first-order valence-corrected chi connectivity index (χ1v) is 4.21. The van der Waals surface area contributed by atoms with Crippen LogP contribution in [0.15, 0.2) is 6.07 Å². The number of ether oxygens (including phenoxy) is 1. The third-order valence-corrected chi connectivity index (χ3v) is 1.65. The molecule has 0 saturated carbocycles. The summed E-state index contributed by atoms with van der Waals surface area (Å²) in [4.78, 5) is 11.8. The summed E-state index contributed by atoms with van der Waals surface area (Å²) in [6.07, 6.45) is -5.78. The fourth-order valence-corrected chi connectivity index (χ4v) is 1.04. The third kappa shape index (κ3) is 3.27. The fraction of sp³-hybridized carbons (Fsp3) is 0.250. The van der Waals surface area contributed by atoms with Gasteiger partial charge in [-0.25, -0.2) is 0 Å². The van der Waals surface area contributed by atoms with Crippen LogP contribution in [0.5, 0.6) is 5.88 Å². The zero-order valence-corrected chi connectivity index (χ0v) is 8.36. The molecule has 6 nitrogen and oxygen atoms in total. The summed E-state index contributed by atoms with van der Waals surface area (Å²) in [5.41, 5.74) is -0.530. The number of pyridine rings is 1. The Hall–Kier alpha value is -2.44. The summed E-state index contributed by atoms with van der Waals surface area (Å²) in [5, 5.41) is 18.7. The van der Waals surface area contributed by atoms with E-state index in [9.17, 15) is 27.7 Å². The minimum atomic E-state index is -5.15. The van der Waals surface area contributed by atoms with Crippen molar-refractivity contribution in [1.29, 1.82) is 5.26 Å². The lowest BCUT2D eigenvalue weighted by Crippen LogP contribution is -2.19. The minimum Gasteiger partial charge on any atom is -0.366 e. The second kappa shape index (κ2) is 4.82. The summed E-state index contributed by atoms with van der Waals surface area (Å²) in [6.45, 7) is 0. The van der Waals surface area contributed by atoms with Gasteiger partial charge in [0.05, 0.1) is 18.1 Å². The molecule has 0 saturated heterocycles. The van der Waals surface area contributed by atoms with Gasteiger partial charge < -0.3 is 14.9 Å². The Bertz CT molecular complexity index is 524. The smallest absolute Gasteiger partial charge is 0.366 e. The number of hydrogen-bond donors (Lipinski definition) is 0. The van der Waals surface area contributed by atoms with Gasteiger partial charge in [-0.2, -0.15) is 9.65 Å². The molecule has 18 heavy (non-hydrogen) atoms. The summed E-state index contributed by atoms with van der Waals surface area (Å²) < 4.78 is 52.4. The Balaban J connectivity index is 3.31. The highest BCUT2D eigenvalue weighted by Crippen LogP contribution is 2.28. The average molecular weight is 265 g/mol. The van der Waals surface area contributed by atoms with Crippen LogP contribution in [0, 0.1) is 27.3 Å². The second-order valence-corrected chi connectivity index (χ2v) is 2.90. The number of alkyl halides is 3. The predicted octanol–water partition coefficient (Wildman–Crippen LogP) is 2.09. The molecule has 0 radical (unpaired) electrons. The van der Waals surface area contributed by atoms with E-state index in [0.717, 1.165) is 0 Å². The van der Waals surface area contributed by atoms with E-state index in [0.29, 0.717) is 6.07 Å². The van der Waals surface area contributed by atoms with E-state index < -0.39 is 40.8 Å². The van der Waals surface area contributed by atoms with Crippen LogP contribution in [0.4, 0.5) is 23.4 Å². The summed E-state index contributed by atoms with van der Waals surface area (Å²) >= 11 is 0. The first kappa shape index (κ1) is 13.6. The highest BCUT2D eigenvalue weighted by molar-refractivity contribution is 5.36. The lowest BCUT2D eigenvalue weighted by atomic mass is 10.2. The third-order valence-electron chi connectivity index (χ3n) is 1.65. The van der Waals surface area contributed by atoms with Gasteiger partial charge in [0, 0.05) is 4.98 Å². The molecule has 10 heteroatoms. The lowest BCUT2D eigenvalue weighted by Gasteiger charge is -2.07. The van der Waals surface area contributed by atoms with Gasteiger partial charge in [0.25, 0.3) is 0 Å². The number of hydrogen-bond acceptors (Lipinski definition) is 5. The van der Waals surface area contributed by atoms with E-state index in [2.05, 4.69) is 9.72 Å². The van der Waals surface area contributed by atoms with Crippen molar-refractivity contribution in [2.24, 2.45) is 0 Å². The first-order chi connectivity index (χ1) is 8.24. The molecular weight excluding hydrogens is 262 g/mol. The van der Waals surface area contributed by atoms with E-state index in [-0.39, 0.29) is 0 Å². The summed E-state index contributed by atoms with van der Waals surface area (Å²) in [5.74, 6) is -4.06. The molecule has 1 aromatic rings. The number of halogens is 4. The van der Waals surface area contributed by atoms with Crippen LogP contribution in [0.3, 0.4) is 0 Å². The lowest BCUT2D eigenvalue weighted by molar-refractivity contribution is -0.392. The molecule has 0 N–H and O–H groups in total. The SMILES string of the molecule is N#CCc1cc(F)c([N+](=O)[O-])nc1OC(F)(F)F. The molecule has 1 aromatic heterocycles. The predicted molar refractivity (Wildman–Crippen MR) is 46.8 cm³/mol. The number of nitriles is 1. The molecule has 0 atom stereocenters. The molecular formula is C8H3F4N3O3. The first-order valence-electron chi connectivity index (χ1n) is 4.21. The van der Waals surface area contributed by atoms with Crippen molar-refractivity contribution in [2.45, 2.75) is 12.8 Å². The van der Waals surface area contributed by atoms with E-state index in [1.807, 2.05) is 0 Å². The minimum absolute atomic E-state index is 0.412. The van der Waals surface area contributed by atoms with Gasteiger partial charge in [-0.05, 0) is 11.0 Å². The van der Waals surface area contributed by atoms with E-state index in [4.69, 9.17) is 5.26 Å². The van der Waals surface area contributed by atoms with E-state index in [1.54, 1.807) is 0 Å². The molecule has 1 heterocycles. The maximum absolute atomic E-state index is 13.1. The maximum Gasteiger partial charge on any atom is 0.575 e. The Kier molecular flexibility index (Phi) is 3.65. The van der Waals surface area contributed by atoms with Crippen molar-refractivity contribution in [1.82, 2.24) is 4.98 Å². The largest absolute Gasteiger partial charge is 0.575 e.